The van der Waals surface area contributed by atoms with Gasteiger partial charge in [0.2, 0.25) is 15.9 Å². The highest BCUT2D eigenvalue weighted by atomic mass is 32.2. The van der Waals surface area contributed by atoms with Crippen LogP contribution >= 0.6 is 0 Å². The number of anilines is 1. The molecule has 0 bridgehead atoms. The lowest BCUT2D eigenvalue weighted by Gasteiger charge is -2.20. The molecule has 1 saturated carbocycles. The maximum atomic E-state index is 12.3. The number of hydrogen-bond donors (Lipinski definition) is 1. The monoisotopic (exact) mass is 310 g/mol. The van der Waals surface area contributed by atoms with E-state index in [-0.39, 0.29) is 16.8 Å². The first kappa shape index (κ1) is 14.3. The molecular weight excluding hydrogens is 292 g/mol. The Balaban J connectivity index is 1.98. The third-order valence-electron chi connectivity index (χ3n) is 3.72. The van der Waals surface area contributed by atoms with E-state index in [4.69, 9.17) is 4.74 Å². The number of methoxy groups -OCH3 is 1. The molecule has 1 N–H and O–H groups in total. The predicted molar refractivity (Wildman–Crippen MR) is 77.9 cm³/mol. The highest BCUT2D eigenvalue weighted by molar-refractivity contribution is 7.89. The van der Waals surface area contributed by atoms with Gasteiger partial charge in [0.25, 0.3) is 0 Å². The molecule has 1 saturated heterocycles. The summed E-state index contributed by atoms with van der Waals surface area (Å²) in [7, 11) is -2.03. The lowest BCUT2D eigenvalue weighted by molar-refractivity contribution is -0.117. The smallest absolute Gasteiger partial charge is 0.240 e. The summed E-state index contributed by atoms with van der Waals surface area (Å²) < 4.78 is 32.4. The number of carbonyl (C=O) groups is 1. The molecule has 1 aromatic carbocycles. The zero-order valence-corrected chi connectivity index (χ0v) is 12.6. The van der Waals surface area contributed by atoms with E-state index in [2.05, 4.69) is 4.72 Å². The number of carbonyl (C=O) groups excluding carboxylic acids is 1. The first-order valence-corrected chi connectivity index (χ1v) is 8.50. The minimum absolute atomic E-state index is 0.00185. The number of amides is 1. The number of benzene rings is 1. The first-order valence-electron chi connectivity index (χ1n) is 7.02. The van der Waals surface area contributed by atoms with E-state index in [1.165, 1.54) is 19.2 Å². The van der Waals surface area contributed by atoms with Crippen LogP contribution < -0.4 is 14.4 Å². The van der Waals surface area contributed by atoms with Crippen LogP contribution in [0.2, 0.25) is 0 Å². The van der Waals surface area contributed by atoms with Gasteiger partial charge in [0, 0.05) is 19.0 Å². The van der Waals surface area contributed by atoms with Crippen molar-refractivity contribution in [2.24, 2.45) is 0 Å². The van der Waals surface area contributed by atoms with Gasteiger partial charge in [-0.15, -0.1) is 0 Å². The van der Waals surface area contributed by atoms with Crippen LogP contribution in [0, 0.1) is 0 Å². The van der Waals surface area contributed by atoms with E-state index in [1.807, 2.05) is 0 Å². The summed E-state index contributed by atoms with van der Waals surface area (Å²) >= 11 is 0. The molecule has 1 aromatic rings. The zero-order chi connectivity index (χ0) is 15.0. The Hall–Kier alpha value is -1.60. The number of rotatable bonds is 5. The Morgan fingerprint density at radius 3 is 2.67 bits per heavy atom. The van der Waals surface area contributed by atoms with Crippen molar-refractivity contribution in [2.75, 3.05) is 18.6 Å². The van der Waals surface area contributed by atoms with Gasteiger partial charge < -0.3 is 9.64 Å². The fourth-order valence-corrected chi connectivity index (χ4v) is 3.76. The van der Waals surface area contributed by atoms with Crippen molar-refractivity contribution < 1.29 is 17.9 Å². The van der Waals surface area contributed by atoms with Crippen LogP contribution in [-0.4, -0.2) is 34.0 Å². The molecule has 1 heterocycles. The second kappa shape index (κ2) is 5.31. The molecule has 2 aliphatic rings. The van der Waals surface area contributed by atoms with E-state index >= 15 is 0 Å². The number of nitrogens with one attached hydrogen (secondary N) is 1. The summed E-state index contributed by atoms with van der Waals surface area (Å²) in [6.07, 6.45) is 3.03. The Morgan fingerprint density at radius 1 is 1.33 bits per heavy atom. The number of ether oxygens (including phenoxy) is 1. The number of sulfonamides is 1. The maximum absolute atomic E-state index is 12.3. The topological polar surface area (TPSA) is 75.7 Å². The van der Waals surface area contributed by atoms with Gasteiger partial charge in [-0.05, 0) is 37.5 Å². The second-order valence-corrected chi connectivity index (χ2v) is 7.09. The third-order valence-corrected chi connectivity index (χ3v) is 5.24. The summed E-state index contributed by atoms with van der Waals surface area (Å²) in [5.41, 5.74) is 0.527. The van der Waals surface area contributed by atoms with Gasteiger partial charge in [0.15, 0.2) is 0 Å². The van der Waals surface area contributed by atoms with Gasteiger partial charge in [-0.1, -0.05) is 0 Å². The molecule has 6 nitrogen and oxygen atoms in total. The van der Waals surface area contributed by atoms with Crippen molar-refractivity contribution in [1.82, 2.24) is 4.72 Å². The lowest BCUT2D eigenvalue weighted by atomic mass is 10.2. The molecule has 0 aromatic heterocycles. The Bertz CT molecular complexity index is 668. The summed E-state index contributed by atoms with van der Waals surface area (Å²) in [6.45, 7) is 0.592. The largest absolute Gasteiger partial charge is 0.495 e. The van der Waals surface area contributed by atoms with Crippen LogP contribution in [0.1, 0.15) is 25.7 Å². The van der Waals surface area contributed by atoms with Crippen LogP contribution in [0.5, 0.6) is 5.75 Å². The molecule has 1 aliphatic carbocycles. The Labute approximate surface area is 124 Å². The van der Waals surface area contributed by atoms with Crippen molar-refractivity contribution in [3.8, 4) is 5.75 Å². The molecule has 21 heavy (non-hydrogen) atoms. The molecule has 1 aliphatic heterocycles. The van der Waals surface area contributed by atoms with E-state index in [0.717, 1.165) is 19.3 Å². The highest BCUT2D eigenvalue weighted by Gasteiger charge is 2.30. The van der Waals surface area contributed by atoms with Crippen molar-refractivity contribution >= 4 is 21.6 Å². The lowest BCUT2D eigenvalue weighted by Crippen LogP contribution is -2.27. The number of nitrogens with zero attached hydrogens (tertiary/aromatic N) is 1. The van der Waals surface area contributed by atoms with Gasteiger partial charge in [0.1, 0.15) is 5.75 Å². The van der Waals surface area contributed by atoms with E-state index in [9.17, 15) is 13.2 Å². The van der Waals surface area contributed by atoms with Crippen molar-refractivity contribution in [3.05, 3.63) is 18.2 Å². The third kappa shape index (κ3) is 2.89. The minimum atomic E-state index is -3.54. The molecule has 1 amide bonds. The first-order chi connectivity index (χ1) is 10.0. The highest BCUT2D eigenvalue weighted by Crippen LogP contribution is 2.34. The summed E-state index contributed by atoms with van der Waals surface area (Å²) in [6, 6.07) is 4.68. The van der Waals surface area contributed by atoms with Crippen LogP contribution in [0.3, 0.4) is 0 Å². The van der Waals surface area contributed by atoms with Gasteiger partial charge in [-0.2, -0.15) is 0 Å². The molecule has 0 radical (unpaired) electrons. The quantitative estimate of drug-likeness (QED) is 0.888. The molecule has 0 unspecified atom stereocenters. The van der Waals surface area contributed by atoms with Crippen LogP contribution in [0.4, 0.5) is 5.69 Å². The Kier molecular flexibility index (Phi) is 3.62. The predicted octanol–water partition coefficient (Wildman–Crippen LogP) is 1.26. The van der Waals surface area contributed by atoms with E-state index < -0.39 is 10.0 Å². The molecule has 3 rings (SSSR count). The fraction of sp³-hybridized carbons (Fsp3) is 0.500. The summed E-state index contributed by atoms with van der Waals surface area (Å²) in [5.74, 6) is 0.508. The van der Waals surface area contributed by atoms with Crippen LogP contribution in [0.25, 0.3) is 0 Å². The van der Waals surface area contributed by atoms with Gasteiger partial charge in [0.05, 0.1) is 17.7 Å². The standard InChI is InChI=1S/C14H18N2O4S/c1-20-13-7-6-11(21(18,19)15-10-4-5-10)9-12(13)16-8-2-3-14(16)17/h6-7,9-10,15H,2-5,8H2,1H3. The van der Waals surface area contributed by atoms with E-state index in [0.29, 0.717) is 24.4 Å². The fourth-order valence-electron chi connectivity index (χ4n) is 2.44. The van der Waals surface area contributed by atoms with Gasteiger partial charge in [-0.3, -0.25) is 4.79 Å². The van der Waals surface area contributed by atoms with Gasteiger partial charge in [-0.25, -0.2) is 13.1 Å². The molecular formula is C14H18N2O4S. The molecule has 7 heteroatoms. The van der Waals surface area contributed by atoms with Crippen LogP contribution in [-0.2, 0) is 14.8 Å². The van der Waals surface area contributed by atoms with Gasteiger partial charge >= 0.3 is 0 Å². The average Bonchev–Trinajstić information content (AvgIpc) is 3.15. The molecule has 0 spiro atoms. The van der Waals surface area contributed by atoms with E-state index in [1.54, 1.807) is 11.0 Å². The summed E-state index contributed by atoms with van der Waals surface area (Å²) in [4.78, 5) is 13.7. The number of hydrogen-bond acceptors (Lipinski definition) is 4. The Morgan fingerprint density at radius 2 is 2.10 bits per heavy atom. The minimum Gasteiger partial charge on any atom is -0.495 e. The zero-order valence-electron chi connectivity index (χ0n) is 11.8. The molecule has 2 fully saturated rings. The average molecular weight is 310 g/mol. The van der Waals surface area contributed by atoms with Crippen LogP contribution in [0.15, 0.2) is 23.1 Å². The summed E-state index contributed by atoms with van der Waals surface area (Å²) in [5, 5.41) is 0. The normalized spacial score (nSPS) is 19.1. The van der Waals surface area contributed by atoms with Crippen molar-refractivity contribution in [3.63, 3.8) is 0 Å². The van der Waals surface area contributed by atoms with Crippen molar-refractivity contribution in [1.29, 1.82) is 0 Å². The molecule has 0 atom stereocenters. The molecule has 114 valence electrons. The SMILES string of the molecule is COc1ccc(S(=O)(=O)NC2CC2)cc1N1CCCC1=O. The van der Waals surface area contributed by atoms with Crippen molar-refractivity contribution in [2.45, 2.75) is 36.6 Å². The maximum Gasteiger partial charge on any atom is 0.240 e. The second-order valence-electron chi connectivity index (χ2n) is 5.38.